The average molecular weight is 573 g/mol. The lowest BCUT2D eigenvalue weighted by molar-refractivity contribution is -0.142. The van der Waals surface area contributed by atoms with Gasteiger partial charge in [0.15, 0.2) is 0 Å². The number of esters is 1. The van der Waals surface area contributed by atoms with Crippen LogP contribution < -0.4 is 4.74 Å². The smallest absolute Gasteiger partial charge is 0.410 e. The molecule has 2 heterocycles. The Morgan fingerprint density at radius 2 is 1.97 bits per heavy atom. The largest absolute Gasteiger partial charge is 0.487 e. The van der Waals surface area contributed by atoms with Gasteiger partial charge in [-0.05, 0) is 70.9 Å². The molecule has 9 heteroatoms. The van der Waals surface area contributed by atoms with E-state index >= 15 is 0 Å². The highest BCUT2D eigenvalue weighted by molar-refractivity contribution is 9.10. The molecule has 3 aromatic rings. The number of halogens is 1. The van der Waals surface area contributed by atoms with Crippen LogP contribution >= 0.6 is 15.9 Å². The number of benzene rings is 2. The standard InChI is InChI=1S/C28H34BrN3O5/c1-6-35-26(33)15-21-18(2)8-7-9-25(21)36-17-23-22-14-19(29)10-11-24(22)32(30-23)20-12-13-31(16-20)27(34)37-28(3,4)5/h7-11,14,20H,6,12-13,15-17H2,1-5H3/t20-/m0/s1. The highest BCUT2D eigenvalue weighted by Crippen LogP contribution is 2.31. The Labute approximate surface area is 226 Å². The Hall–Kier alpha value is -3.07. The first-order valence-corrected chi connectivity index (χ1v) is 13.4. The summed E-state index contributed by atoms with van der Waals surface area (Å²) in [6, 6.07) is 11.8. The summed E-state index contributed by atoms with van der Waals surface area (Å²) >= 11 is 3.58. The van der Waals surface area contributed by atoms with Gasteiger partial charge in [-0.2, -0.15) is 5.10 Å². The Kier molecular flexibility index (Phi) is 8.11. The second-order valence-electron chi connectivity index (χ2n) is 10.2. The monoisotopic (exact) mass is 571 g/mol. The molecular formula is C28H34BrN3O5. The third-order valence-corrected chi connectivity index (χ3v) is 6.76. The number of hydrogen-bond acceptors (Lipinski definition) is 6. The summed E-state index contributed by atoms with van der Waals surface area (Å²) in [4.78, 5) is 26.5. The van der Waals surface area contributed by atoms with E-state index in [1.54, 1.807) is 11.8 Å². The van der Waals surface area contributed by atoms with E-state index in [-0.39, 0.29) is 31.1 Å². The molecule has 1 atom stereocenters. The van der Waals surface area contributed by atoms with Crippen molar-refractivity contribution in [1.82, 2.24) is 14.7 Å². The van der Waals surface area contributed by atoms with Crippen LogP contribution in [0.3, 0.4) is 0 Å². The highest BCUT2D eigenvalue weighted by Gasteiger charge is 2.32. The zero-order chi connectivity index (χ0) is 26.7. The van der Waals surface area contributed by atoms with Crippen LogP contribution in [0, 0.1) is 6.92 Å². The first-order valence-electron chi connectivity index (χ1n) is 12.6. The van der Waals surface area contributed by atoms with Crippen LogP contribution in [0.5, 0.6) is 5.75 Å². The number of amides is 1. The van der Waals surface area contributed by atoms with Gasteiger partial charge in [-0.25, -0.2) is 4.79 Å². The fourth-order valence-electron chi connectivity index (χ4n) is 4.54. The maximum atomic E-state index is 12.6. The lowest BCUT2D eigenvalue weighted by Crippen LogP contribution is -2.35. The quantitative estimate of drug-likeness (QED) is 0.325. The molecule has 1 aliphatic rings. The Morgan fingerprint density at radius 1 is 1.19 bits per heavy atom. The molecule has 1 saturated heterocycles. The number of aromatic nitrogens is 2. The van der Waals surface area contributed by atoms with Gasteiger partial charge in [-0.1, -0.05) is 28.1 Å². The number of likely N-dealkylation sites (tertiary alicyclic amines) is 1. The number of rotatable bonds is 7. The lowest BCUT2D eigenvalue weighted by atomic mass is 10.0. The summed E-state index contributed by atoms with van der Waals surface area (Å²) in [7, 11) is 0. The van der Waals surface area contributed by atoms with Crippen molar-refractivity contribution in [2.75, 3.05) is 19.7 Å². The van der Waals surface area contributed by atoms with Crippen LogP contribution in [0.15, 0.2) is 40.9 Å². The van der Waals surface area contributed by atoms with Crippen LogP contribution in [0.1, 0.15) is 57.0 Å². The minimum atomic E-state index is -0.535. The predicted octanol–water partition coefficient (Wildman–Crippen LogP) is 5.97. The zero-order valence-electron chi connectivity index (χ0n) is 22.0. The molecule has 198 valence electrons. The summed E-state index contributed by atoms with van der Waals surface area (Å²) in [6.07, 6.45) is 0.638. The van der Waals surface area contributed by atoms with Crippen molar-refractivity contribution in [2.24, 2.45) is 0 Å². The van der Waals surface area contributed by atoms with E-state index in [0.717, 1.165) is 38.6 Å². The molecule has 1 fully saturated rings. The van der Waals surface area contributed by atoms with Gasteiger partial charge in [0.1, 0.15) is 23.7 Å². The van der Waals surface area contributed by atoms with Crippen molar-refractivity contribution < 1.29 is 23.8 Å². The molecule has 1 aliphatic heterocycles. The number of ether oxygens (including phenoxy) is 3. The SMILES string of the molecule is CCOC(=O)Cc1c(C)cccc1OCc1nn([C@H]2CCN(C(=O)OC(C)(C)C)C2)c2ccc(Br)cc12. The third kappa shape index (κ3) is 6.44. The molecule has 0 spiro atoms. The van der Waals surface area contributed by atoms with Crippen LogP contribution in [0.4, 0.5) is 4.79 Å². The van der Waals surface area contributed by atoms with Crippen molar-refractivity contribution in [2.45, 2.75) is 65.7 Å². The second-order valence-corrected chi connectivity index (χ2v) is 11.2. The summed E-state index contributed by atoms with van der Waals surface area (Å²) in [5, 5.41) is 5.92. The predicted molar refractivity (Wildman–Crippen MR) is 145 cm³/mol. The minimum Gasteiger partial charge on any atom is -0.487 e. The number of carbonyl (C=O) groups excluding carboxylic acids is 2. The lowest BCUT2D eigenvalue weighted by Gasteiger charge is -2.24. The molecular weight excluding hydrogens is 538 g/mol. The summed E-state index contributed by atoms with van der Waals surface area (Å²) < 4.78 is 19.9. The summed E-state index contributed by atoms with van der Waals surface area (Å²) in [5.74, 6) is 0.360. The molecule has 0 aliphatic carbocycles. The van der Waals surface area contributed by atoms with Crippen molar-refractivity contribution in [3.05, 3.63) is 57.7 Å². The van der Waals surface area contributed by atoms with Gasteiger partial charge in [0.2, 0.25) is 0 Å². The zero-order valence-corrected chi connectivity index (χ0v) is 23.6. The maximum Gasteiger partial charge on any atom is 0.410 e. The van der Waals surface area contributed by atoms with E-state index < -0.39 is 5.60 Å². The molecule has 0 radical (unpaired) electrons. The minimum absolute atomic E-state index is 0.0308. The van der Waals surface area contributed by atoms with Gasteiger partial charge < -0.3 is 19.1 Å². The Morgan fingerprint density at radius 3 is 2.70 bits per heavy atom. The van der Waals surface area contributed by atoms with Crippen LogP contribution in [0.2, 0.25) is 0 Å². The van der Waals surface area contributed by atoms with Crippen LogP contribution in [-0.2, 0) is 27.3 Å². The third-order valence-electron chi connectivity index (χ3n) is 6.26. The van der Waals surface area contributed by atoms with Gasteiger partial charge >= 0.3 is 12.1 Å². The number of nitrogens with zero attached hydrogens (tertiary/aromatic N) is 3. The maximum absolute atomic E-state index is 12.6. The van der Waals surface area contributed by atoms with E-state index in [0.29, 0.717) is 25.4 Å². The van der Waals surface area contributed by atoms with Gasteiger partial charge in [-0.15, -0.1) is 0 Å². The van der Waals surface area contributed by atoms with E-state index in [9.17, 15) is 9.59 Å². The van der Waals surface area contributed by atoms with E-state index in [1.807, 2.05) is 68.8 Å². The number of hydrogen-bond donors (Lipinski definition) is 0. The fourth-order valence-corrected chi connectivity index (χ4v) is 4.90. The van der Waals surface area contributed by atoms with Crippen molar-refractivity contribution in [1.29, 1.82) is 0 Å². The molecule has 37 heavy (non-hydrogen) atoms. The second kappa shape index (κ2) is 11.1. The van der Waals surface area contributed by atoms with E-state index in [4.69, 9.17) is 19.3 Å². The van der Waals surface area contributed by atoms with Gasteiger partial charge in [-0.3, -0.25) is 9.48 Å². The number of aryl methyl sites for hydroxylation is 1. The Balaban J connectivity index is 1.57. The van der Waals surface area contributed by atoms with Gasteiger partial charge in [0, 0.05) is 28.5 Å². The van der Waals surface area contributed by atoms with Crippen molar-refractivity contribution in [3.63, 3.8) is 0 Å². The first kappa shape index (κ1) is 27.0. The first-order chi connectivity index (χ1) is 17.6. The molecule has 0 bridgehead atoms. The van der Waals surface area contributed by atoms with Crippen LogP contribution in [-0.4, -0.2) is 52.0 Å². The summed E-state index contributed by atoms with van der Waals surface area (Å²) in [6.45, 7) is 11.1. The molecule has 1 amide bonds. The van der Waals surface area contributed by atoms with Crippen molar-refractivity contribution in [3.8, 4) is 5.75 Å². The molecule has 4 rings (SSSR count). The summed E-state index contributed by atoms with van der Waals surface area (Å²) in [5.41, 5.74) is 3.02. The molecule has 0 N–H and O–H groups in total. The topological polar surface area (TPSA) is 82.9 Å². The highest BCUT2D eigenvalue weighted by atomic mass is 79.9. The van der Waals surface area contributed by atoms with Gasteiger partial charge in [0.25, 0.3) is 0 Å². The number of carbonyl (C=O) groups is 2. The molecule has 2 aromatic carbocycles. The average Bonchev–Trinajstić information content (AvgIpc) is 3.43. The van der Waals surface area contributed by atoms with E-state index in [1.165, 1.54) is 0 Å². The molecule has 0 saturated carbocycles. The molecule has 1 aromatic heterocycles. The Bertz CT molecular complexity index is 1300. The van der Waals surface area contributed by atoms with Crippen molar-refractivity contribution >= 4 is 38.9 Å². The van der Waals surface area contributed by atoms with E-state index in [2.05, 4.69) is 15.9 Å². The molecule has 8 nitrogen and oxygen atoms in total. The van der Waals surface area contributed by atoms with Crippen LogP contribution in [0.25, 0.3) is 10.9 Å². The molecule has 0 unspecified atom stereocenters. The number of fused-ring (bicyclic) bond motifs is 1. The van der Waals surface area contributed by atoms with Gasteiger partial charge in [0.05, 0.1) is 24.6 Å². The fraction of sp³-hybridized carbons (Fsp3) is 0.464. The normalized spacial score (nSPS) is 15.7.